The maximum absolute atomic E-state index is 12.3. The molecule has 0 aliphatic carbocycles. The lowest BCUT2D eigenvalue weighted by atomic mass is 10.2. The molecule has 1 aromatic carbocycles. The summed E-state index contributed by atoms with van der Waals surface area (Å²) in [5.41, 5.74) is 1.20. The van der Waals surface area contributed by atoms with Gasteiger partial charge in [-0.05, 0) is 12.1 Å². The Bertz CT molecular complexity index is 724. The van der Waals surface area contributed by atoms with E-state index >= 15 is 0 Å². The highest BCUT2D eigenvalue weighted by atomic mass is 16.2. The van der Waals surface area contributed by atoms with Gasteiger partial charge in [-0.1, -0.05) is 12.1 Å². The molecule has 1 saturated heterocycles. The van der Waals surface area contributed by atoms with Crippen molar-refractivity contribution >= 4 is 29.1 Å². The van der Waals surface area contributed by atoms with E-state index in [-0.39, 0.29) is 11.8 Å². The van der Waals surface area contributed by atoms with Crippen molar-refractivity contribution in [1.82, 2.24) is 20.1 Å². The van der Waals surface area contributed by atoms with Crippen LogP contribution in [0.3, 0.4) is 0 Å². The van der Waals surface area contributed by atoms with E-state index in [1.807, 2.05) is 12.1 Å². The second-order valence-electron chi connectivity index (χ2n) is 5.85. The fourth-order valence-corrected chi connectivity index (χ4v) is 2.75. The SMILES string of the molecule is CC(=O)Nc1ccccc1NC(=O)CN1CCN(c2ncn[nH]2)CC1. The molecule has 1 aliphatic rings. The second-order valence-corrected chi connectivity index (χ2v) is 5.85. The van der Waals surface area contributed by atoms with E-state index < -0.39 is 0 Å². The maximum atomic E-state index is 12.3. The fourth-order valence-electron chi connectivity index (χ4n) is 2.75. The highest BCUT2D eigenvalue weighted by molar-refractivity contribution is 5.99. The number of hydrogen-bond acceptors (Lipinski definition) is 6. The molecule has 9 heteroatoms. The predicted molar refractivity (Wildman–Crippen MR) is 94.4 cm³/mol. The Hall–Kier alpha value is -2.94. The van der Waals surface area contributed by atoms with Crippen LogP contribution >= 0.6 is 0 Å². The molecule has 0 spiro atoms. The van der Waals surface area contributed by atoms with E-state index in [0.29, 0.717) is 17.9 Å². The van der Waals surface area contributed by atoms with Crippen LogP contribution in [0.2, 0.25) is 0 Å². The Balaban J connectivity index is 1.51. The smallest absolute Gasteiger partial charge is 0.238 e. The first kappa shape index (κ1) is 16.9. The summed E-state index contributed by atoms with van der Waals surface area (Å²) >= 11 is 0. The predicted octanol–water partition coefficient (Wildman–Crippen LogP) is 0.524. The van der Waals surface area contributed by atoms with Gasteiger partial charge in [0.25, 0.3) is 0 Å². The molecule has 2 amide bonds. The molecule has 2 aromatic rings. The summed E-state index contributed by atoms with van der Waals surface area (Å²) in [6.07, 6.45) is 1.49. The minimum Gasteiger partial charge on any atom is -0.339 e. The van der Waals surface area contributed by atoms with Crippen molar-refractivity contribution in [2.24, 2.45) is 0 Å². The number of aromatic nitrogens is 3. The lowest BCUT2D eigenvalue weighted by Gasteiger charge is -2.33. The Morgan fingerprint density at radius 3 is 2.40 bits per heavy atom. The summed E-state index contributed by atoms with van der Waals surface area (Å²) in [6.45, 7) is 4.84. The van der Waals surface area contributed by atoms with E-state index in [1.165, 1.54) is 13.3 Å². The minimum atomic E-state index is -0.176. The largest absolute Gasteiger partial charge is 0.339 e. The molecule has 1 aliphatic heterocycles. The van der Waals surface area contributed by atoms with Crippen molar-refractivity contribution in [1.29, 1.82) is 0 Å². The Morgan fingerprint density at radius 2 is 1.80 bits per heavy atom. The number of amides is 2. The molecule has 132 valence electrons. The zero-order valence-electron chi connectivity index (χ0n) is 14.0. The van der Waals surface area contributed by atoms with E-state index in [4.69, 9.17) is 0 Å². The van der Waals surface area contributed by atoms with Gasteiger partial charge in [-0.15, -0.1) is 0 Å². The van der Waals surface area contributed by atoms with E-state index in [0.717, 1.165) is 32.1 Å². The molecule has 2 heterocycles. The average molecular weight is 343 g/mol. The third-order valence-corrected chi connectivity index (χ3v) is 3.95. The molecule has 25 heavy (non-hydrogen) atoms. The molecule has 0 radical (unpaired) electrons. The van der Waals surface area contributed by atoms with Crippen LogP contribution < -0.4 is 15.5 Å². The van der Waals surface area contributed by atoms with Crippen LogP contribution in [0.1, 0.15) is 6.92 Å². The summed E-state index contributed by atoms with van der Waals surface area (Å²) in [7, 11) is 0. The van der Waals surface area contributed by atoms with Crippen LogP contribution in [0.5, 0.6) is 0 Å². The van der Waals surface area contributed by atoms with Crippen LogP contribution in [0.25, 0.3) is 0 Å². The van der Waals surface area contributed by atoms with Gasteiger partial charge in [0.15, 0.2) is 0 Å². The van der Waals surface area contributed by atoms with Gasteiger partial charge in [-0.25, -0.2) is 5.10 Å². The van der Waals surface area contributed by atoms with Crippen molar-refractivity contribution in [2.75, 3.05) is 48.3 Å². The van der Waals surface area contributed by atoms with Crippen molar-refractivity contribution < 1.29 is 9.59 Å². The topological polar surface area (TPSA) is 106 Å². The third-order valence-electron chi connectivity index (χ3n) is 3.95. The molecule has 0 atom stereocenters. The quantitative estimate of drug-likeness (QED) is 0.731. The van der Waals surface area contributed by atoms with Crippen molar-refractivity contribution in [3.8, 4) is 0 Å². The molecule has 1 aromatic heterocycles. The number of carbonyl (C=O) groups excluding carboxylic acids is 2. The van der Waals surface area contributed by atoms with Gasteiger partial charge in [0.1, 0.15) is 6.33 Å². The normalized spacial score (nSPS) is 15.0. The summed E-state index contributed by atoms with van der Waals surface area (Å²) in [6, 6.07) is 7.15. The third kappa shape index (κ3) is 4.54. The lowest BCUT2D eigenvalue weighted by Crippen LogP contribution is -2.49. The number of anilines is 3. The lowest BCUT2D eigenvalue weighted by molar-refractivity contribution is -0.117. The van der Waals surface area contributed by atoms with Crippen LogP contribution in [-0.2, 0) is 9.59 Å². The zero-order valence-corrected chi connectivity index (χ0v) is 14.0. The van der Waals surface area contributed by atoms with Gasteiger partial charge in [0.2, 0.25) is 17.8 Å². The number of H-pyrrole nitrogens is 1. The summed E-state index contributed by atoms with van der Waals surface area (Å²) in [5, 5.41) is 12.3. The number of carbonyl (C=O) groups is 2. The molecule has 3 rings (SSSR count). The number of rotatable bonds is 5. The molecule has 0 saturated carbocycles. The second kappa shape index (κ2) is 7.75. The number of piperazine rings is 1. The number of benzene rings is 1. The molecular weight excluding hydrogens is 322 g/mol. The van der Waals surface area contributed by atoms with Gasteiger partial charge in [-0.2, -0.15) is 10.1 Å². The summed E-state index contributed by atoms with van der Waals surface area (Å²) < 4.78 is 0. The van der Waals surface area contributed by atoms with Gasteiger partial charge in [0.05, 0.1) is 17.9 Å². The van der Waals surface area contributed by atoms with E-state index in [9.17, 15) is 9.59 Å². The minimum absolute atomic E-state index is 0.106. The monoisotopic (exact) mass is 343 g/mol. The first-order valence-corrected chi connectivity index (χ1v) is 8.11. The Morgan fingerprint density at radius 1 is 1.12 bits per heavy atom. The molecular formula is C16H21N7O2. The van der Waals surface area contributed by atoms with Crippen LogP contribution in [0.15, 0.2) is 30.6 Å². The van der Waals surface area contributed by atoms with Crippen molar-refractivity contribution in [2.45, 2.75) is 6.92 Å². The molecule has 0 bridgehead atoms. The number of aromatic amines is 1. The van der Waals surface area contributed by atoms with E-state index in [2.05, 4.69) is 35.6 Å². The maximum Gasteiger partial charge on any atom is 0.238 e. The molecule has 0 unspecified atom stereocenters. The van der Waals surface area contributed by atoms with Crippen molar-refractivity contribution in [3.05, 3.63) is 30.6 Å². The summed E-state index contributed by atoms with van der Waals surface area (Å²) in [5.74, 6) is 0.476. The molecule has 9 nitrogen and oxygen atoms in total. The first-order chi connectivity index (χ1) is 12.1. The fraction of sp³-hybridized carbons (Fsp3) is 0.375. The van der Waals surface area contributed by atoms with E-state index in [1.54, 1.807) is 12.1 Å². The van der Waals surface area contributed by atoms with Crippen LogP contribution in [0.4, 0.5) is 17.3 Å². The average Bonchev–Trinajstić information content (AvgIpc) is 3.11. The molecule has 1 fully saturated rings. The number of nitrogens with zero attached hydrogens (tertiary/aromatic N) is 4. The standard InChI is InChI=1S/C16H21N7O2/c1-12(24)19-13-4-2-3-5-14(13)20-15(25)10-22-6-8-23(9-7-22)16-17-11-18-21-16/h2-5,11H,6-10H2,1H3,(H,19,24)(H,20,25)(H,17,18,21). The van der Waals surface area contributed by atoms with Gasteiger partial charge in [0, 0.05) is 33.1 Å². The van der Waals surface area contributed by atoms with Gasteiger partial charge >= 0.3 is 0 Å². The van der Waals surface area contributed by atoms with Crippen LogP contribution in [0, 0.1) is 0 Å². The van der Waals surface area contributed by atoms with Crippen molar-refractivity contribution in [3.63, 3.8) is 0 Å². The number of hydrogen-bond donors (Lipinski definition) is 3. The Labute approximate surface area is 145 Å². The van der Waals surface area contributed by atoms with Crippen LogP contribution in [-0.4, -0.2) is 64.6 Å². The highest BCUT2D eigenvalue weighted by Gasteiger charge is 2.20. The Kier molecular flexibility index (Phi) is 5.24. The number of nitrogens with one attached hydrogen (secondary N) is 3. The van der Waals surface area contributed by atoms with Gasteiger partial charge in [-0.3, -0.25) is 14.5 Å². The molecule has 3 N–H and O–H groups in total. The summed E-state index contributed by atoms with van der Waals surface area (Å²) in [4.78, 5) is 31.9. The number of para-hydroxylation sites is 2. The zero-order chi connectivity index (χ0) is 17.6. The highest BCUT2D eigenvalue weighted by Crippen LogP contribution is 2.20. The van der Waals surface area contributed by atoms with Gasteiger partial charge < -0.3 is 15.5 Å². The first-order valence-electron chi connectivity index (χ1n) is 8.11.